The first-order chi connectivity index (χ1) is 16.6. The Kier molecular flexibility index (Phi) is 8.78. The summed E-state index contributed by atoms with van der Waals surface area (Å²) in [5.41, 5.74) is 0. The summed E-state index contributed by atoms with van der Waals surface area (Å²) in [5, 5.41) is 11.6. The molecule has 6 atom stereocenters. The number of Topliss-reactive ketones (excluding diaryl/α,β-unsaturated/α-hetero) is 1. The summed E-state index contributed by atoms with van der Waals surface area (Å²) in [4.78, 5) is 14.0. The predicted octanol–water partition coefficient (Wildman–Crippen LogP) is 1.88. The Morgan fingerprint density at radius 1 is 0.882 bits per heavy atom. The quantitative estimate of drug-likeness (QED) is 0.484. The van der Waals surface area contributed by atoms with Crippen LogP contribution >= 0.6 is 35.3 Å². The Morgan fingerprint density at radius 2 is 1.44 bits per heavy atom. The van der Waals surface area contributed by atoms with Crippen molar-refractivity contribution in [3.8, 4) is 0 Å². The molecule has 11 heteroatoms. The number of methoxy groups -OCH3 is 1. The van der Waals surface area contributed by atoms with E-state index in [1.165, 1.54) is 0 Å². The van der Waals surface area contributed by atoms with Crippen LogP contribution in [0.25, 0.3) is 0 Å². The average molecular weight is 537 g/mol. The van der Waals surface area contributed by atoms with Crippen LogP contribution in [-0.4, -0.2) is 110 Å². The number of ether oxygens (including phenoxy) is 6. The Labute approximate surface area is 214 Å². The second-order valence-corrected chi connectivity index (χ2v) is 12.9. The number of rotatable bonds is 7. The molecular weight excluding hydrogens is 500 g/mol. The lowest BCUT2D eigenvalue weighted by molar-refractivity contribution is -0.235. The van der Waals surface area contributed by atoms with E-state index in [9.17, 15) is 9.90 Å². The highest BCUT2D eigenvalue weighted by molar-refractivity contribution is 7.99. The van der Waals surface area contributed by atoms with Crippen LogP contribution in [0.1, 0.15) is 12.8 Å². The van der Waals surface area contributed by atoms with E-state index in [1.54, 1.807) is 30.6 Å². The zero-order chi connectivity index (χ0) is 23.6. The monoisotopic (exact) mass is 536 g/mol. The van der Waals surface area contributed by atoms with E-state index in [0.717, 1.165) is 35.9 Å². The van der Waals surface area contributed by atoms with Crippen LogP contribution in [0.2, 0.25) is 0 Å². The van der Waals surface area contributed by atoms with Gasteiger partial charge in [0, 0.05) is 54.8 Å². The average Bonchev–Trinajstić information content (AvgIpc) is 3.52. The standard InChI is InChI=1S/C23H36O8S3/c1-26-14-27-21(18-13-33-9-3-23(18)30-6-7-31-23)16-11-34-10-15(19(16)24)20(25)17-12-32-8-2-22(17)28-4-5-29-22/h15-18,20-21,25H,2-14H2,1H3/t15-,16-,17-,18-,20+,21+/m0/s1. The molecular formula is C23H36O8S3. The summed E-state index contributed by atoms with van der Waals surface area (Å²) in [6.45, 7) is 2.31. The molecule has 5 fully saturated rings. The van der Waals surface area contributed by atoms with Crippen molar-refractivity contribution >= 4 is 41.1 Å². The van der Waals surface area contributed by atoms with E-state index in [2.05, 4.69) is 0 Å². The first-order valence-corrected chi connectivity index (χ1v) is 15.7. The smallest absolute Gasteiger partial charge is 0.175 e. The number of ketones is 1. The largest absolute Gasteiger partial charge is 0.392 e. The van der Waals surface area contributed by atoms with Crippen molar-refractivity contribution in [3.63, 3.8) is 0 Å². The van der Waals surface area contributed by atoms with E-state index in [-0.39, 0.29) is 30.3 Å². The molecule has 5 aliphatic heterocycles. The Morgan fingerprint density at radius 3 is 2.06 bits per heavy atom. The van der Waals surface area contributed by atoms with Gasteiger partial charge >= 0.3 is 0 Å². The van der Waals surface area contributed by atoms with Gasteiger partial charge in [0.2, 0.25) is 0 Å². The van der Waals surface area contributed by atoms with Gasteiger partial charge in [-0.3, -0.25) is 4.79 Å². The molecule has 194 valence electrons. The van der Waals surface area contributed by atoms with Gasteiger partial charge in [-0.1, -0.05) is 0 Å². The zero-order valence-corrected chi connectivity index (χ0v) is 22.1. The highest BCUT2D eigenvalue weighted by Crippen LogP contribution is 2.47. The summed E-state index contributed by atoms with van der Waals surface area (Å²) in [5.74, 6) is 2.16. The van der Waals surface area contributed by atoms with E-state index >= 15 is 0 Å². The topological polar surface area (TPSA) is 92.7 Å². The fraction of sp³-hybridized carbons (Fsp3) is 0.957. The molecule has 5 aliphatic rings. The second-order valence-electron chi connectivity index (χ2n) is 9.56. The third kappa shape index (κ3) is 4.96. The minimum Gasteiger partial charge on any atom is -0.392 e. The molecule has 0 saturated carbocycles. The minimum absolute atomic E-state index is 0.0693. The van der Waals surface area contributed by atoms with Gasteiger partial charge in [0.1, 0.15) is 12.6 Å². The van der Waals surface area contributed by atoms with Gasteiger partial charge < -0.3 is 33.5 Å². The third-order valence-electron chi connectivity index (χ3n) is 7.79. The predicted molar refractivity (Wildman–Crippen MR) is 132 cm³/mol. The first-order valence-electron chi connectivity index (χ1n) is 12.2. The first kappa shape index (κ1) is 26.1. The maximum Gasteiger partial charge on any atom is 0.175 e. The Hall–Kier alpha value is 0.440. The number of hydrogen-bond donors (Lipinski definition) is 1. The van der Waals surface area contributed by atoms with E-state index in [0.29, 0.717) is 37.9 Å². The van der Waals surface area contributed by atoms with Crippen molar-refractivity contribution in [1.82, 2.24) is 0 Å². The van der Waals surface area contributed by atoms with E-state index < -0.39 is 29.7 Å². The molecule has 0 aromatic rings. The lowest BCUT2D eigenvalue weighted by atomic mass is 9.76. The molecule has 0 aromatic heterocycles. The molecule has 1 N–H and O–H groups in total. The molecule has 0 radical (unpaired) electrons. The summed E-state index contributed by atoms with van der Waals surface area (Å²) >= 11 is 5.36. The molecule has 0 aromatic carbocycles. The molecule has 0 aliphatic carbocycles. The number of aliphatic hydroxyl groups excluding tert-OH is 1. The number of carbonyl (C=O) groups excluding carboxylic acids is 1. The van der Waals surface area contributed by atoms with Crippen molar-refractivity contribution < 1.29 is 38.3 Å². The van der Waals surface area contributed by atoms with Gasteiger partial charge in [0.05, 0.1) is 50.5 Å². The Bertz CT molecular complexity index is 700. The van der Waals surface area contributed by atoms with Crippen LogP contribution in [0, 0.1) is 23.7 Å². The summed E-state index contributed by atoms with van der Waals surface area (Å²) in [6, 6.07) is 0. The molecule has 0 amide bonds. The molecule has 2 spiro atoms. The Balaban J connectivity index is 1.37. The highest BCUT2D eigenvalue weighted by atomic mass is 32.2. The van der Waals surface area contributed by atoms with Crippen molar-refractivity contribution in [3.05, 3.63) is 0 Å². The van der Waals surface area contributed by atoms with Crippen molar-refractivity contribution in [2.24, 2.45) is 23.7 Å². The molecule has 8 nitrogen and oxygen atoms in total. The van der Waals surface area contributed by atoms with Crippen LogP contribution in [0.5, 0.6) is 0 Å². The van der Waals surface area contributed by atoms with Gasteiger partial charge in [-0.05, 0) is 11.5 Å². The second kappa shape index (κ2) is 11.4. The van der Waals surface area contributed by atoms with Crippen molar-refractivity contribution in [2.45, 2.75) is 36.6 Å². The number of thioether (sulfide) groups is 3. The van der Waals surface area contributed by atoms with Crippen LogP contribution in [-0.2, 0) is 33.2 Å². The summed E-state index contributed by atoms with van der Waals surface area (Å²) in [6.07, 6.45) is 0.318. The van der Waals surface area contributed by atoms with Gasteiger partial charge in [0.15, 0.2) is 11.6 Å². The maximum absolute atomic E-state index is 14.0. The van der Waals surface area contributed by atoms with Crippen LogP contribution in [0.4, 0.5) is 0 Å². The molecule has 0 unspecified atom stereocenters. The molecule has 0 bridgehead atoms. The van der Waals surface area contributed by atoms with Crippen molar-refractivity contribution in [2.75, 3.05) is 74.8 Å². The number of hydrogen-bond acceptors (Lipinski definition) is 11. The molecule has 5 heterocycles. The summed E-state index contributed by atoms with van der Waals surface area (Å²) in [7, 11) is 1.59. The van der Waals surface area contributed by atoms with Crippen LogP contribution in [0.3, 0.4) is 0 Å². The fourth-order valence-corrected chi connectivity index (χ4v) is 10.0. The van der Waals surface area contributed by atoms with Gasteiger partial charge in [0.25, 0.3) is 0 Å². The van der Waals surface area contributed by atoms with Crippen LogP contribution < -0.4 is 0 Å². The number of aliphatic hydroxyl groups is 1. The SMILES string of the molecule is COCO[C@H]([C@H]1CSC[C@H]([C@@H](O)[C@@H]2CSCCC23OCCO3)C1=O)[C@@H]1CSCCC12OCCO2. The van der Waals surface area contributed by atoms with E-state index in [1.807, 2.05) is 11.8 Å². The normalized spacial score (nSPS) is 37.3. The zero-order valence-electron chi connectivity index (χ0n) is 19.7. The minimum atomic E-state index is -0.814. The fourth-order valence-electron chi connectivity index (χ4n) is 6.06. The summed E-state index contributed by atoms with van der Waals surface area (Å²) < 4.78 is 35.9. The van der Waals surface area contributed by atoms with Gasteiger partial charge in [-0.15, -0.1) is 0 Å². The lowest BCUT2D eigenvalue weighted by Gasteiger charge is -2.47. The number of carbonyl (C=O) groups is 1. The molecule has 5 saturated heterocycles. The lowest BCUT2D eigenvalue weighted by Crippen LogP contribution is -2.58. The molecule has 5 rings (SSSR count). The van der Waals surface area contributed by atoms with Crippen LogP contribution in [0.15, 0.2) is 0 Å². The van der Waals surface area contributed by atoms with Crippen molar-refractivity contribution in [1.29, 1.82) is 0 Å². The van der Waals surface area contributed by atoms with Gasteiger partial charge in [-0.2, -0.15) is 35.3 Å². The van der Waals surface area contributed by atoms with Gasteiger partial charge in [-0.25, -0.2) is 0 Å². The van der Waals surface area contributed by atoms with E-state index in [4.69, 9.17) is 28.4 Å². The molecule has 34 heavy (non-hydrogen) atoms. The maximum atomic E-state index is 14.0. The highest BCUT2D eigenvalue weighted by Gasteiger charge is 2.56. The third-order valence-corrected chi connectivity index (χ3v) is 11.2.